The van der Waals surface area contributed by atoms with Gasteiger partial charge in [-0.05, 0) is 39.7 Å². The van der Waals surface area contributed by atoms with E-state index in [-0.39, 0.29) is 0 Å². The Bertz CT molecular complexity index is 705. The first-order valence-corrected chi connectivity index (χ1v) is 8.39. The minimum Gasteiger partial charge on any atom is -0.465 e. The zero-order chi connectivity index (χ0) is 20.7. The lowest BCUT2D eigenvalue weighted by molar-refractivity contribution is -0.350. The van der Waals surface area contributed by atoms with E-state index >= 15 is 0 Å². The highest BCUT2D eigenvalue weighted by Gasteiger charge is 2.60. The van der Waals surface area contributed by atoms with Gasteiger partial charge in [-0.1, -0.05) is 41.5 Å². The molecule has 0 spiro atoms. The van der Waals surface area contributed by atoms with Crippen molar-refractivity contribution in [3.05, 3.63) is 58.7 Å². The number of hydrogen-bond acceptors (Lipinski definition) is 3. The Morgan fingerprint density at radius 1 is 1.07 bits per heavy atom. The normalized spacial score (nSPS) is 12.7. The van der Waals surface area contributed by atoms with Crippen LogP contribution < -0.4 is 0 Å². The summed E-state index contributed by atoms with van der Waals surface area (Å²) < 4.78 is 65.5. The molecule has 0 aliphatic rings. The molecular weight excluding hydrogens is 364 g/mol. The Labute approximate surface area is 156 Å². The number of benzene rings is 1. The quantitative estimate of drug-likeness (QED) is 0.302. The van der Waals surface area contributed by atoms with E-state index in [0.29, 0.717) is 6.42 Å². The van der Waals surface area contributed by atoms with Crippen LogP contribution in [0.4, 0.5) is 17.6 Å². The maximum atomic E-state index is 14.4. The molecule has 27 heavy (non-hydrogen) atoms. The van der Waals surface area contributed by atoms with Gasteiger partial charge in [-0.2, -0.15) is 17.6 Å². The van der Waals surface area contributed by atoms with E-state index in [9.17, 15) is 22.4 Å². The van der Waals surface area contributed by atoms with Gasteiger partial charge in [0.2, 0.25) is 0 Å². The van der Waals surface area contributed by atoms with Crippen LogP contribution in [0.1, 0.15) is 49.5 Å². The van der Waals surface area contributed by atoms with Gasteiger partial charge in [0.1, 0.15) is 0 Å². The molecule has 1 aromatic carbocycles. The SMILES string of the molecule is COC(=O)c1ccccc1C(F)(F)C(F)(F)OC/C=C(\C)CCC=C(C)C. The van der Waals surface area contributed by atoms with Gasteiger partial charge in [0.15, 0.2) is 0 Å². The summed E-state index contributed by atoms with van der Waals surface area (Å²) in [6.45, 7) is 4.92. The summed E-state index contributed by atoms with van der Waals surface area (Å²) in [5, 5.41) is 0. The number of carbonyl (C=O) groups excluding carboxylic acids is 1. The van der Waals surface area contributed by atoms with E-state index in [4.69, 9.17) is 0 Å². The van der Waals surface area contributed by atoms with Crippen molar-refractivity contribution in [3.63, 3.8) is 0 Å². The molecule has 0 aliphatic carbocycles. The van der Waals surface area contributed by atoms with Gasteiger partial charge in [0.25, 0.3) is 0 Å². The zero-order valence-electron chi connectivity index (χ0n) is 15.8. The lowest BCUT2D eigenvalue weighted by atomic mass is 10.0. The second-order valence-corrected chi connectivity index (χ2v) is 6.31. The van der Waals surface area contributed by atoms with Gasteiger partial charge < -0.3 is 9.47 Å². The van der Waals surface area contributed by atoms with Crippen molar-refractivity contribution in [1.29, 1.82) is 0 Å². The fraction of sp³-hybridized carbons (Fsp3) is 0.450. The summed E-state index contributed by atoms with van der Waals surface area (Å²) >= 11 is 0. The molecule has 0 atom stereocenters. The molecule has 150 valence electrons. The highest BCUT2D eigenvalue weighted by atomic mass is 19.3. The highest BCUT2D eigenvalue weighted by Crippen LogP contribution is 2.45. The molecule has 0 bridgehead atoms. The molecule has 0 amide bonds. The third-order valence-electron chi connectivity index (χ3n) is 3.82. The monoisotopic (exact) mass is 388 g/mol. The molecule has 0 saturated carbocycles. The fourth-order valence-electron chi connectivity index (χ4n) is 2.27. The van der Waals surface area contributed by atoms with Gasteiger partial charge in [-0.15, -0.1) is 0 Å². The fourth-order valence-corrected chi connectivity index (χ4v) is 2.27. The lowest BCUT2D eigenvalue weighted by Gasteiger charge is -2.27. The van der Waals surface area contributed by atoms with E-state index in [0.717, 1.165) is 42.9 Å². The Morgan fingerprint density at radius 2 is 1.70 bits per heavy atom. The average molecular weight is 388 g/mol. The molecule has 0 radical (unpaired) electrons. The molecule has 0 aliphatic heterocycles. The molecule has 0 saturated heterocycles. The van der Waals surface area contributed by atoms with E-state index < -0.39 is 35.7 Å². The number of ether oxygens (including phenoxy) is 2. The van der Waals surface area contributed by atoms with Gasteiger partial charge in [-0.25, -0.2) is 4.79 Å². The van der Waals surface area contributed by atoms with Crippen LogP contribution in [0.3, 0.4) is 0 Å². The van der Waals surface area contributed by atoms with E-state index in [1.165, 1.54) is 12.1 Å². The van der Waals surface area contributed by atoms with Crippen molar-refractivity contribution in [2.75, 3.05) is 13.7 Å². The van der Waals surface area contributed by atoms with Crippen molar-refractivity contribution < 1.29 is 31.8 Å². The Hall–Kier alpha value is -2.15. The first-order valence-electron chi connectivity index (χ1n) is 8.39. The molecular formula is C20H24F4O3. The minimum absolute atomic E-state index is 0.613. The lowest BCUT2D eigenvalue weighted by Crippen LogP contribution is -2.41. The predicted octanol–water partition coefficient (Wildman–Crippen LogP) is 5.87. The molecule has 1 aromatic rings. The van der Waals surface area contributed by atoms with Crippen LogP contribution in [0.15, 0.2) is 47.6 Å². The Kier molecular flexibility index (Phi) is 8.21. The number of rotatable bonds is 9. The topological polar surface area (TPSA) is 35.5 Å². The van der Waals surface area contributed by atoms with Crippen molar-refractivity contribution in [2.24, 2.45) is 0 Å². The summed E-state index contributed by atoms with van der Waals surface area (Å²) in [6, 6.07) is 4.17. The molecule has 0 N–H and O–H groups in total. The number of hydrogen-bond donors (Lipinski definition) is 0. The van der Waals surface area contributed by atoms with Crippen LogP contribution in [0.25, 0.3) is 0 Å². The first-order chi connectivity index (χ1) is 12.5. The number of allylic oxidation sites excluding steroid dienone is 3. The minimum atomic E-state index is -4.80. The second-order valence-electron chi connectivity index (χ2n) is 6.31. The maximum Gasteiger partial charge on any atom is 0.424 e. The third kappa shape index (κ3) is 6.20. The van der Waals surface area contributed by atoms with Crippen LogP contribution in [0.2, 0.25) is 0 Å². The van der Waals surface area contributed by atoms with Crippen LogP contribution >= 0.6 is 0 Å². The first kappa shape index (κ1) is 22.9. The highest BCUT2D eigenvalue weighted by molar-refractivity contribution is 5.91. The van der Waals surface area contributed by atoms with Crippen LogP contribution in [-0.2, 0) is 15.4 Å². The van der Waals surface area contributed by atoms with Gasteiger partial charge in [0.05, 0.1) is 19.3 Å². The average Bonchev–Trinajstić information content (AvgIpc) is 2.60. The van der Waals surface area contributed by atoms with Crippen molar-refractivity contribution >= 4 is 5.97 Å². The van der Waals surface area contributed by atoms with Gasteiger partial charge in [-0.3, -0.25) is 0 Å². The summed E-state index contributed by atoms with van der Waals surface area (Å²) in [7, 11) is 0.981. The molecule has 0 heterocycles. The molecule has 0 unspecified atom stereocenters. The van der Waals surface area contributed by atoms with Crippen molar-refractivity contribution in [1.82, 2.24) is 0 Å². The zero-order valence-corrected chi connectivity index (χ0v) is 15.8. The molecule has 0 aromatic heterocycles. The number of alkyl halides is 4. The van der Waals surface area contributed by atoms with E-state index in [1.54, 1.807) is 6.92 Å². The second kappa shape index (κ2) is 9.69. The Morgan fingerprint density at radius 3 is 2.30 bits per heavy atom. The summed E-state index contributed by atoms with van der Waals surface area (Å²) in [6.07, 6.45) is -0.126. The van der Waals surface area contributed by atoms with Gasteiger partial charge in [0, 0.05) is 5.56 Å². The molecule has 0 fully saturated rings. The van der Waals surface area contributed by atoms with Gasteiger partial charge >= 0.3 is 18.0 Å². The number of halogens is 4. The molecule has 3 nitrogen and oxygen atoms in total. The van der Waals surface area contributed by atoms with Crippen LogP contribution in [-0.4, -0.2) is 25.8 Å². The number of esters is 1. The summed E-state index contributed by atoms with van der Waals surface area (Å²) in [4.78, 5) is 11.6. The Balaban J connectivity index is 2.90. The summed E-state index contributed by atoms with van der Waals surface area (Å²) in [5.74, 6) is -5.84. The summed E-state index contributed by atoms with van der Waals surface area (Å²) in [5.41, 5.74) is 0.101. The number of carbonyl (C=O) groups is 1. The standard InChI is InChI=1S/C20H24F4O3/c1-14(2)8-7-9-15(3)12-13-27-20(23,24)19(21,22)17-11-6-5-10-16(17)18(25)26-4/h5-6,8,10-12H,7,9,13H2,1-4H3/b15-12+. The van der Waals surface area contributed by atoms with Crippen molar-refractivity contribution in [2.45, 2.75) is 45.6 Å². The number of methoxy groups -OCH3 is 1. The smallest absolute Gasteiger partial charge is 0.424 e. The van der Waals surface area contributed by atoms with Crippen LogP contribution in [0.5, 0.6) is 0 Å². The van der Waals surface area contributed by atoms with E-state index in [2.05, 4.69) is 9.47 Å². The molecule has 1 rings (SSSR count). The largest absolute Gasteiger partial charge is 0.465 e. The van der Waals surface area contributed by atoms with Crippen molar-refractivity contribution in [3.8, 4) is 0 Å². The van der Waals surface area contributed by atoms with Crippen LogP contribution in [0, 0.1) is 0 Å². The predicted molar refractivity (Wildman–Crippen MR) is 95.0 cm³/mol. The maximum absolute atomic E-state index is 14.4. The third-order valence-corrected chi connectivity index (χ3v) is 3.82. The van der Waals surface area contributed by atoms with E-state index in [1.807, 2.05) is 19.9 Å². The molecule has 7 heteroatoms.